The van der Waals surface area contributed by atoms with E-state index in [2.05, 4.69) is 5.32 Å². The van der Waals surface area contributed by atoms with E-state index in [1.165, 1.54) is 6.42 Å². The third kappa shape index (κ3) is 4.02. The summed E-state index contributed by atoms with van der Waals surface area (Å²) in [6.45, 7) is 2.16. The minimum absolute atomic E-state index is 0.0611. The van der Waals surface area contributed by atoms with Crippen LogP contribution in [0.15, 0.2) is 54.6 Å². The Balaban J connectivity index is 1.59. The molecule has 0 radical (unpaired) electrons. The van der Waals surface area contributed by atoms with Crippen LogP contribution in [0.4, 0.5) is 0 Å². The van der Waals surface area contributed by atoms with Crippen LogP contribution >= 0.6 is 0 Å². The van der Waals surface area contributed by atoms with E-state index in [1.54, 1.807) is 24.3 Å². The Morgan fingerprint density at radius 2 is 1.46 bits per heavy atom. The van der Waals surface area contributed by atoms with Gasteiger partial charge in [-0.1, -0.05) is 30.3 Å². The fourth-order valence-corrected chi connectivity index (χ4v) is 2.92. The molecule has 0 aliphatic carbocycles. The molecule has 124 valence electrons. The van der Waals surface area contributed by atoms with E-state index in [0.717, 1.165) is 31.5 Å². The number of likely N-dealkylation sites (tertiary alicyclic amines) is 1. The van der Waals surface area contributed by atoms with Gasteiger partial charge in [-0.15, -0.1) is 0 Å². The molecule has 0 spiro atoms. The molecule has 1 aliphatic heterocycles. The summed E-state index contributed by atoms with van der Waals surface area (Å²) in [5, 5.41) is 2.89. The molecule has 1 saturated heterocycles. The van der Waals surface area contributed by atoms with E-state index >= 15 is 0 Å². The Morgan fingerprint density at radius 1 is 0.833 bits per heavy atom. The number of nitrogens with one attached hydrogen (secondary N) is 1. The molecule has 24 heavy (non-hydrogen) atoms. The molecule has 3 rings (SSSR count). The summed E-state index contributed by atoms with van der Waals surface area (Å²) in [6.07, 6.45) is 3.35. The third-order valence-corrected chi connectivity index (χ3v) is 4.33. The Hall–Kier alpha value is -2.62. The Labute approximate surface area is 142 Å². The van der Waals surface area contributed by atoms with Gasteiger partial charge in [0.1, 0.15) is 0 Å². The van der Waals surface area contributed by atoms with Crippen molar-refractivity contribution in [3.63, 3.8) is 0 Å². The second-order valence-corrected chi connectivity index (χ2v) is 6.10. The van der Waals surface area contributed by atoms with Gasteiger partial charge >= 0.3 is 0 Å². The van der Waals surface area contributed by atoms with Crippen molar-refractivity contribution in [3.05, 3.63) is 71.3 Å². The lowest BCUT2D eigenvalue weighted by Gasteiger charge is -2.26. The predicted molar refractivity (Wildman–Crippen MR) is 93.8 cm³/mol. The van der Waals surface area contributed by atoms with E-state index in [1.807, 2.05) is 35.2 Å². The largest absolute Gasteiger partial charge is 0.348 e. The van der Waals surface area contributed by atoms with Crippen LogP contribution < -0.4 is 5.32 Å². The monoisotopic (exact) mass is 322 g/mol. The lowest BCUT2D eigenvalue weighted by Crippen LogP contribution is -2.35. The van der Waals surface area contributed by atoms with E-state index in [4.69, 9.17) is 0 Å². The molecular formula is C20H22N2O2. The van der Waals surface area contributed by atoms with Crippen LogP contribution in [0, 0.1) is 0 Å². The molecule has 1 N–H and O–H groups in total. The lowest BCUT2D eigenvalue weighted by molar-refractivity contribution is 0.0724. The smallest absolute Gasteiger partial charge is 0.253 e. The van der Waals surface area contributed by atoms with E-state index in [-0.39, 0.29) is 11.8 Å². The van der Waals surface area contributed by atoms with Gasteiger partial charge < -0.3 is 10.2 Å². The van der Waals surface area contributed by atoms with Crippen LogP contribution in [0.3, 0.4) is 0 Å². The van der Waals surface area contributed by atoms with Gasteiger partial charge in [-0.25, -0.2) is 0 Å². The van der Waals surface area contributed by atoms with Gasteiger partial charge in [-0.05, 0) is 49.1 Å². The van der Waals surface area contributed by atoms with Crippen molar-refractivity contribution in [3.8, 4) is 0 Å². The standard InChI is InChI=1S/C20H22N2O2/c23-19(21-15-16-7-3-1-4-8-16)17-9-11-18(12-10-17)20(24)22-13-5-2-6-14-22/h1,3-4,7-12H,2,5-6,13-15H2,(H,21,23). The first-order valence-corrected chi connectivity index (χ1v) is 8.45. The lowest BCUT2D eigenvalue weighted by atomic mass is 10.1. The van der Waals surface area contributed by atoms with Crippen LogP contribution in [0.1, 0.15) is 45.5 Å². The fourth-order valence-electron chi connectivity index (χ4n) is 2.92. The number of carbonyl (C=O) groups excluding carboxylic acids is 2. The first-order chi connectivity index (χ1) is 11.7. The summed E-state index contributed by atoms with van der Waals surface area (Å²) in [5.41, 5.74) is 2.28. The summed E-state index contributed by atoms with van der Waals surface area (Å²) in [7, 11) is 0. The number of piperidine rings is 1. The van der Waals surface area contributed by atoms with Crippen LogP contribution in [0.25, 0.3) is 0 Å². The normalized spacial score (nSPS) is 14.2. The first-order valence-electron chi connectivity index (χ1n) is 8.45. The molecule has 4 nitrogen and oxygen atoms in total. The number of nitrogens with zero attached hydrogens (tertiary/aromatic N) is 1. The summed E-state index contributed by atoms with van der Waals surface area (Å²) < 4.78 is 0. The molecule has 1 heterocycles. The number of carbonyl (C=O) groups is 2. The third-order valence-electron chi connectivity index (χ3n) is 4.33. The number of amides is 2. The number of rotatable bonds is 4. The summed E-state index contributed by atoms with van der Waals surface area (Å²) in [4.78, 5) is 26.5. The molecule has 0 bridgehead atoms. The van der Waals surface area contributed by atoms with Gasteiger partial charge in [0, 0.05) is 30.8 Å². The van der Waals surface area contributed by atoms with E-state index in [0.29, 0.717) is 17.7 Å². The van der Waals surface area contributed by atoms with Crippen molar-refractivity contribution in [2.45, 2.75) is 25.8 Å². The highest BCUT2D eigenvalue weighted by Gasteiger charge is 2.18. The van der Waals surface area contributed by atoms with E-state index in [9.17, 15) is 9.59 Å². The van der Waals surface area contributed by atoms with Gasteiger partial charge in [-0.2, -0.15) is 0 Å². The zero-order chi connectivity index (χ0) is 16.8. The topological polar surface area (TPSA) is 49.4 Å². The highest BCUT2D eigenvalue weighted by atomic mass is 16.2. The predicted octanol–water partition coefficient (Wildman–Crippen LogP) is 3.24. The maximum atomic E-state index is 12.4. The average Bonchev–Trinajstić information content (AvgIpc) is 2.67. The van der Waals surface area contributed by atoms with Crippen molar-refractivity contribution in [2.24, 2.45) is 0 Å². The number of benzene rings is 2. The minimum atomic E-state index is -0.129. The van der Waals surface area contributed by atoms with E-state index < -0.39 is 0 Å². The van der Waals surface area contributed by atoms with Gasteiger partial charge in [0.05, 0.1) is 0 Å². The highest BCUT2D eigenvalue weighted by Crippen LogP contribution is 2.14. The van der Waals surface area contributed by atoms with Crippen LogP contribution in [0.2, 0.25) is 0 Å². The maximum absolute atomic E-state index is 12.4. The Morgan fingerprint density at radius 3 is 2.12 bits per heavy atom. The molecule has 0 unspecified atom stereocenters. The molecule has 1 fully saturated rings. The Bertz CT molecular complexity index is 689. The SMILES string of the molecule is O=C(NCc1ccccc1)c1ccc(C(=O)N2CCCCC2)cc1. The van der Waals surface area contributed by atoms with Crippen LogP contribution in [-0.4, -0.2) is 29.8 Å². The van der Waals surface area contributed by atoms with Crippen molar-refractivity contribution < 1.29 is 9.59 Å². The highest BCUT2D eigenvalue weighted by molar-refractivity contribution is 5.97. The zero-order valence-electron chi connectivity index (χ0n) is 13.7. The summed E-state index contributed by atoms with van der Waals surface area (Å²) in [5.74, 6) is -0.0678. The average molecular weight is 322 g/mol. The zero-order valence-corrected chi connectivity index (χ0v) is 13.7. The molecule has 2 aromatic rings. The molecular weight excluding hydrogens is 300 g/mol. The number of hydrogen-bond donors (Lipinski definition) is 1. The molecule has 0 saturated carbocycles. The van der Waals surface area contributed by atoms with Gasteiger partial charge in [0.15, 0.2) is 0 Å². The fraction of sp³-hybridized carbons (Fsp3) is 0.300. The second kappa shape index (κ2) is 7.77. The number of hydrogen-bond acceptors (Lipinski definition) is 2. The van der Waals surface area contributed by atoms with Crippen molar-refractivity contribution >= 4 is 11.8 Å². The van der Waals surface area contributed by atoms with Crippen molar-refractivity contribution in [2.75, 3.05) is 13.1 Å². The van der Waals surface area contributed by atoms with Gasteiger partial charge in [0.25, 0.3) is 11.8 Å². The molecule has 2 amide bonds. The molecule has 0 aromatic heterocycles. The van der Waals surface area contributed by atoms with Gasteiger partial charge in [-0.3, -0.25) is 9.59 Å². The first kappa shape index (κ1) is 16.2. The minimum Gasteiger partial charge on any atom is -0.348 e. The molecule has 2 aromatic carbocycles. The maximum Gasteiger partial charge on any atom is 0.253 e. The summed E-state index contributed by atoms with van der Waals surface area (Å²) >= 11 is 0. The summed E-state index contributed by atoms with van der Waals surface area (Å²) in [6, 6.07) is 16.7. The molecule has 0 atom stereocenters. The van der Waals surface area contributed by atoms with Gasteiger partial charge in [0.2, 0.25) is 0 Å². The quantitative estimate of drug-likeness (QED) is 0.939. The van der Waals surface area contributed by atoms with Crippen LogP contribution in [0.5, 0.6) is 0 Å². The van der Waals surface area contributed by atoms with Crippen molar-refractivity contribution in [1.82, 2.24) is 10.2 Å². The second-order valence-electron chi connectivity index (χ2n) is 6.10. The Kier molecular flexibility index (Phi) is 5.26. The van der Waals surface area contributed by atoms with Crippen LogP contribution in [-0.2, 0) is 6.54 Å². The molecule has 1 aliphatic rings. The molecule has 4 heteroatoms. The van der Waals surface area contributed by atoms with Crippen molar-refractivity contribution in [1.29, 1.82) is 0 Å².